The Morgan fingerprint density at radius 1 is 1.50 bits per heavy atom. The highest BCUT2D eigenvalue weighted by molar-refractivity contribution is 5.84. The summed E-state index contributed by atoms with van der Waals surface area (Å²) in [4.78, 5) is 15.8. The molecular formula is C15H24N2O3. The van der Waals surface area contributed by atoms with Gasteiger partial charge in [0.15, 0.2) is 0 Å². The van der Waals surface area contributed by atoms with Gasteiger partial charge in [-0.2, -0.15) is 0 Å². The molecule has 1 atom stereocenters. The Hall–Kier alpha value is -1.33. The van der Waals surface area contributed by atoms with Crippen LogP contribution in [0.5, 0.6) is 0 Å². The second-order valence-electron chi connectivity index (χ2n) is 5.65. The summed E-state index contributed by atoms with van der Waals surface area (Å²) in [5, 5.41) is 8.99. The normalized spacial score (nSPS) is 21.9. The van der Waals surface area contributed by atoms with Crippen molar-refractivity contribution in [2.75, 3.05) is 26.7 Å². The maximum Gasteiger partial charge on any atom is 0.371 e. The van der Waals surface area contributed by atoms with Gasteiger partial charge in [-0.15, -0.1) is 0 Å². The molecule has 0 saturated carbocycles. The summed E-state index contributed by atoms with van der Waals surface area (Å²) in [6, 6.07) is 2.18. The number of carbonyl (C=O) groups is 1. The molecule has 2 rings (SSSR count). The van der Waals surface area contributed by atoms with Crippen LogP contribution in [0.4, 0.5) is 0 Å². The first kappa shape index (κ1) is 15.1. The summed E-state index contributed by atoms with van der Waals surface area (Å²) in [5.41, 5.74) is 0.991. The first-order valence-electron chi connectivity index (χ1n) is 7.26. The molecule has 0 bridgehead atoms. The third kappa shape index (κ3) is 3.41. The number of aryl methyl sites for hydroxylation is 1. The van der Waals surface area contributed by atoms with Crippen LogP contribution >= 0.6 is 0 Å². The molecule has 1 aromatic heterocycles. The van der Waals surface area contributed by atoms with Crippen LogP contribution in [0.25, 0.3) is 0 Å². The van der Waals surface area contributed by atoms with Gasteiger partial charge in [-0.1, -0.05) is 6.92 Å². The number of carboxylic acids is 1. The fourth-order valence-electron chi connectivity index (χ4n) is 2.89. The highest BCUT2D eigenvalue weighted by Gasteiger charge is 2.24. The topological polar surface area (TPSA) is 56.9 Å². The second-order valence-corrected chi connectivity index (χ2v) is 5.65. The smallest absolute Gasteiger partial charge is 0.371 e. The van der Waals surface area contributed by atoms with Crippen LogP contribution in [0.15, 0.2) is 10.5 Å². The molecule has 0 amide bonds. The maximum absolute atomic E-state index is 11.0. The van der Waals surface area contributed by atoms with E-state index >= 15 is 0 Å². The van der Waals surface area contributed by atoms with Crippen molar-refractivity contribution in [3.63, 3.8) is 0 Å². The lowest BCUT2D eigenvalue weighted by molar-refractivity contribution is 0.0661. The van der Waals surface area contributed by atoms with Crippen molar-refractivity contribution in [1.29, 1.82) is 0 Å². The van der Waals surface area contributed by atoms with E-state index in [4.69, 9.17) is 9.52 Å². The Balaban J connectivity index is 2.12. The van der Waals surface area contributed by atoms with Gasteiger partial charge in [-0.05, 0) is 39.4 Å². The van der Waals surface area contributed by atoms with Crippen LogP contribution in [0.2, 0.25) is 0 Å². The van der Waals surface area contributed by atoms with E-state index in [1.165, 1.54) is 0 Å². The Morgan fingerprint density at radius 3 is 2.85 bits per heavy atom. The molecule has 112 valence electrons. The highest BCUT2D eigenvalue weighted by atomic mass is 16.4. The van der Waals surface area contributed by atoms with Gasteiger partial charge >= 0.3 is 5.97 Å². The minimum atomic E-state index is -0.998. The number of aromatic carboxylic acids is 1. The van der Waals surface area contributed by atoms with E-state index < -0.39 is 5.97 Å². The van der Waals surface area contributed by atoms with Crippen LogP contribution in [0.3, 0.4) is 0 Å². The van der Waals surface area contributed by atoms with E-state index in [1.807, 2.05) is 6.92 Å². The predicted octanol–water partition coefficient (Wildman–Crippen LogP) is 2.20. The lowest BCUT2D eigenvalue weighted by Gasteiger charge is -2.29. The average molecular weight is 280 g/mol. The standard InChI is InChI=1S/C15H24N2O3/c1-4-13-10-16(3)6-5-7-17(13)9-12-8-14(15(18)19)20-11(12)2/h8,13H,4-7,9-10H2,1-3H3,(H,18,19). The summed E-state index contributed by atoms with van der Waals surface area (Å²) in [6.07, 6.45) is 2.25. The predicted molar refractivity (Wildman–Crippen MR) is 77.0 cm³/mol. The molecule has 0 aliphatic carbocycles. The average Bonchev–Trinajstić information content (AvgIpc) is 2.66. The third-order valence-electron chi connectivity index (χ3n) is 4.10. The quantitative estimate of drug-likeness (QED) is 0.916. The van der Waals surface area contributed by atoms with E-state index in [-0.39, 0.29) is 5.76 Å². The molecule has 20 heavy (non-hydrogen) atoms. The van der Waals surface area contributed by atoms with Gasteiger partial charge in [0.25, 0.3) is 0 Å². The van der Waals surface area contributed by atoms with Crippen molar-refractivity contribution in [3.8, 4) is 0 Å². The van der Waals surface area contributed by atoms with Crippen molar-refractivity contribution in [3.05, 3.63) is 23.2 Å². The molecule has 1 aliphatic heterocycles. The first-order chi connectivity index (χ1) is 9.51. The summed E-state index contributed by atoms with van der Waals surface area (Å²) in [5.74, 6) is -0.241. The zero-order chi connectivity index (χ0) is 14.7. The summed E-state index contributed by atoms with van der Waals surface area (Å²) < 4.78 is 5.30. The van der Waals surface area contributed by atoms with Crippen molar-refractivity contribution >= 4 is 5.97 Å². The number of carboxylic acid groups (broad SMARTS) is 1. The minimum Gasteiger partial charge on any atom is -0.475 e. The number of nitrogens with zero attached hydrogens (tertiary/aromatic N) is 2. The van der Waals surface area contributed by atoms with Crippen LogP contribution < -0.4 is 0 Å². The van der Waals surface area contributed by atoms with Crippen LogP contribution in [0, 0.1) is 6.92 Å². The van der Waals surface area contributed by atoms with E-state index in [0.29, 0.717) is 6.04 Å². The van der Waals surface area contributed by atoms with Gasteiger partial charge in [0.2, 0.25) is 5.76 Å². The van der Waals surface area contributed by atoms with Crippen molar-refractivity contribution < 1.29 is 14.3 Å². The fourth-order valence-corrected chi connectivity index (χ4v) is 2.89. The Bertz CT molecular complexity index is 470. The summed E-state index contributed by atoms with van der Waals surface area (Å²) in [6.45, 7) is 8.07. The second kappa shape index (κ2) is 6.41. The molecule has 1 N–H and O–H groups in total. The lowest BCUT2D eigenvalue weighted by atomic mass is 10.1. The Morgan fingerprint density at radius 2 is 2.25 bits per heavy atom. The number of likely N-dealkylation sites (N-methyl/N-ethyl adjacent to an activating group) is 1. The SMILES string of the molecule is CCC1CN(C)CCCN1Cc1cc(C(=O)O)oc1C. The van der Waals surface area contributed by atoms with E-state index in [2.05, 4.69) is 23.8 Å². The summed E-state index contributed by atoms with van der Waals surface area (Å²) >= 11 is 0. The number of furan rings is 1. The van der Waals surface area contributed by atoms with Crippen LogP contribution in [-0.2, 0) is 6.54 Å². The minimum absolute atomic E-state index is 0.0393. The van der Waals surface area contributed by atoms with E-state index in [0.717, 1.165) is 50.3 Å². The number of rotatable bonds is 4. The van der Waals surface area contributed by atoms with Crippen molar-refractivity contribution in [2.24, 2.45) is 0 Å². The molecule has 5 heteroatoms. The summed E-state index contributed by atoms with van der Waals surface area (Å²) in [7, 11) is 2.16. The first-order valence-corrected chi connectivity index (χ1v) is 7.26. The van der Waals surface area contributed by atoms with Gasteiger partial charge in [0.05, 0.1) is 0 Å². The van der Waals surface area contributed by atoms with Crippen LogP contribution in [-0.4, -0.2) is 53.6 Å². The molecule has 0 spiro atoms. The molecule has 1 fully saturated rings. The molecule has 1 aromatic rings. The van der Waals surface area contributed by atoms with Crippen molar-refractivity contribution in [2.45, 2.75) is 39.3 Å². The number of hydrogen-bond donors (Lipinski definition) is 1. The molecular weight excluding hydrogens is 256 g/mol. The van der Waals surface area contributed by atoms with Gasteiger partial charge in [0, 0.05) is 31.2 Å². The third-order valence-corrected chi connectivity index (χ3v) is 4.10. The van der Waals surface area contributed by atoms with Gasteiger partial charge < -0.3 is 14.4 Å². The molecule has 0 aromatic carbocycles. The Kier molecular flexibility index (Phi) is 4.83. The maximum atomic E-state index is 11.0. The molecule has 2 heterocycles. The van der Waals surface area contributed by atoms with E-state index in [1.54, 1.807) is 6.07 Å². The largest absolute Gasteiger partial charge is 0.475 e. The van der Waals surface area contributed by atoms with Crippen LogP contribution in [0.1, 0.15) is 41.6 Å². The van der Waals surface area contributed by atoms with Gasteiger partial charge in [-0.3, -0.25) is 4.90 Å². The molecule has 5 nitrogen and oxygen atoms in total. The fraction of sp³-hybridized carbons (Fsp3) is 0.667. The number of hydrogen-bond acceptors (Lipinski definition) is 4. The molecule has 1 saturated heterocycles. The molecule has 1 aliphatic rings. The van der Waals surface area contributed by atoms with E-state index in [9.17, 15) is 4.79 Å². The zero-order valence-corrected chi connectivity index (χ0v) is 12.6. The van der Waals surface area contributed by atoms with Crippen molar-refractivity contribution in [1.82, 2.24) is 9.80 Å². The lowest BCUT2D eigenvalue weighted by Crippen LogP contribution is -2.39. The van der Waals surface area contributed by atoms with Gasteiger partial charge in [0.1, 0.15) is 5.76 Å². The zero-order valence-electron chi connectivity index (χ0n) is 12.6. The molecule has 1 unspecified atom stereocenters. The molecule has 0 radical (unpaired) electrons. The Labute approximate surface area is 120 Å². The highest BCUT2D eigenvalue weighted by Crippen LogP contribution is 2.20. The monoisotopic (exact) mass is 280 g/mol. The van der Waals surface area contributed by atoms with Gasteiger partial charge in [-0.25, -0.2) is 4.79 Å².